The molecule has 0 bridgehead atoms. The zero-order valence-corrected chi connectivity index (χ0v) is 21.4. The van der Waals surface area contributed by atoms with Crippen LogP contribution in [-0.4, -0.2) is 47.1 Å². The highest BCUT2D eigenvalue weighted by Gasteiger charge is 2.29. The van der Waals surface area contributed by atoms with Crippen molar-refractivity contribution < 1.29 is 14.1 Å². The minimum Gasteiger partial charge on any atom is -0.456 e. The second kappa shape index (κ2) is 10.0. The maximum atomic E-state index is 12.6. The Morgan fingerprint density at radius 2 is 1.81 bits per heavy atom. The number of amides is 1. The number of rotatable bonds is 4. The highest BCUT2D eigenvalue weighted by molar-refractivity contribution is 8.18. The fraction of sp³-hybridized carbons (Fsp3) is 0.200. The topological polar surface area (TPSA) is 92.2 Å². The minimum atomic E-state index is -0.508. The highest BCUT2D eigenvalue weighted by atomic mass is 35.5. The molecule has 1 fully saturated rings. The maximum Gasteiger partial charge on any atom is 0.286 e. The van der Waals surface area contributed by atoms with Crippen molar-refractivity contribution in [3.05, 3.63) is 84.9 Å². The van der Waals surface area contributed by atoms with Crippen molar-refractivity contribution in [2.75, 3.05) is 31.1 Å². The maximum absolute atomic E-state index is 12.6. The van der Waals surface area contributed by atoms with E-state index >= 15 is 0 Å². The van der Waals surface area contributed by atoms with Gasteiger partial charge in [-0.15, -0.1) is 0 Å². The second-order valence-corrected chi connectivity index (χ2v) is 10.2. The highest BCUT2D eigenvalue weighted by Crippen LogP contribution is 2.36. The lowest BCUT2D eigenvalue weighted by Gasteiger charge is -2.36. The van der Waals surface area contributed by atoms with Crippen LogP contribution in [0, 0.1) is 17.0 Å². The van der Waals surface area contributed by atoms with Crippen LogP contribution in [0.3, 0.4) is 0 Å². The number of hydrogen-bond acceptors (Lipinski definition) is 7. The third-order valence-corrected chi connectivity index (χ3v) is 7.69. The monoisotopic (exact) mass is 542 g/mol. The van der Waals surface area contributed by atoms with Gasteiger partial charge in [0.25, 0.3) is 11.6 Å². The molecule has 0 N–H and O–H groups in total. The molecule has 1 aromatic heterocycles. The predicted octanol–water partition coefficient (Wildman–Crippen LogP) is 6.26. The molecule has 3 aromatic rings. The number of hydrogen-bond donors (Lipinski definition) is 0. The van der Waals surface area contributed by atoms with Crippen LogP contribution in [0.5, 0.6) is 0 Å². The van der Waals surface area contributed by atoms with E-state index in [1.807, 2.05) is 19.1 Å². The molecule has 2 aliphatic heterocycles. The summed E-state index contributed by atoms with van der Waals surface area (Å²) in [6, 6.07) is 13.7. The Hall–Kier alpha value is -3.27. The van der Waals surface area contributed by atoms with Crippen molar-refractivity contribution in [3.63, 3.8) is 0 Å². The fourth-order valence-electron chi connectivity index (χ4n) is 4.04. The molecule has 1 amide bonds. The molecular formula is C25H20Cl2N4O4S. The van der Waals surface area contributed by atoms with Crippen molar-refractivity contribution >= 4 is 63.5 Å². The third-order valence-electron chi connectivity index (χ3n) is 6.00. The van der Waals surface area contributed by atoms with Crippen molar-refractivity contribution in [2.45, 2.75) is 6.92 Å². The second-order valence-electron chi connectivity index (χ2n) is 8.34. The number of nitro benzene ring substituents is 1. The summed E-state index contributed by atoms with van der Waals surface area (Å²) in [5, 5.41) is 13.1. The molecule has 0 atom stereocenters. The largest absolute Gasteiger partial charge is 0.456 e. The SMILES string of the molecule is Cc1ccc(N2CCN(C3=NC(=O)C(=Cc4ccc(-c5ccc(Cl)cc5[N+](=O)[O-])o4)S3)CC2)cc1Cl. The van der Waals surface area contributed by atoms with Gasteiger partial charge in [0.1, 0.15) is 11.5 Å². The number of nitrogens with zero attached hydrogens (tertiary/aromatic N) is 4. The summed E-state index contributed by atoms with van der Waals surface area (Å²) in [6.45, 7) is 5.00. The lowest BCUT2D eigenvalue weighted by molar-refractivity contribution is -0.384. The summed E-state index contributed by atoms with van der Waals surface area (Å²) in [6.07, 6.45) is 1.61. The quantitative estimate of drug-likeness (QED) is 0.218. The average molecular weight is 543 g/mol. The number of aliphatic imine (C=N–C) groups is 1. The van der Waals surface area contributed by atoms with Crippen molar-refractivity contribution in [1.29, 1.82) is 0 Å². The molecule has 0 unspecified atom stereocenters. The van der Waals surface area contributed by atoms with Gasteiger partial charge in [-0.2, -0.15) is 4.99 Å². The molecule has 1 saturated heterocycles. The van der Waals surface area contributed by atoms with Crippen LogP contribution in [0.2, 0.25) is 10.0 Å². The van der Waals surface area contributed by atoms with Crippen LogP contribution >= 0.6 is 35.0 Å². The number of thioether (sulfide) groups is 1. The number of aryl methyl sites for hydroxylation is 1. The Balaban J connectivity index is 1.26. The summed E-state index contributed by atoms with van der Waals surface area (Å²) in [7, 11) is 0. The molecule has 3 heterocycles. The number of carbonyl (C=O) groups excluding carboxylic acids is 1. The van der Waals surface area contributed by atoms with Gasteiger partial charge in [0, 0.05) is 54.1 Å². The Morgan fingerprint density at radius 1 is 1.06 bits per heavy atom. The summed E-state index contributed by atoms with van der Waals surface area (Å²) < 4.78 is 5.80. The number of piperazine rings is 1. The van der Waals surface area contributed by atoms with E-state index in [1.54, 1.807) is 24.3 Å². The normalized spacial score (nSPS) is 17.1. The van der Waals surface area contributed by atoms with Gasteiger partial charge in [0.05, 0.1) is 15.4 Å². The standard InChI is InChI=1S/C25H20Cl2N4O4S/c1-15-2-4-17(13-20(15)27)29-8-10-30(11-9-29)25-28-24(32)23(36-25)14-18-5-7-22(35-18)19-6-3-16(26)12-21(19)31(33)34/h2-7,12-14H,8-11H2,1H3. The van der Waals surface area contributed by atoms with Crippen LogP contribution in [0.25, 0.3) is 17.4 Å². The molecule has 0 aliphatic carbocycles. The van der Waals surface area contributed by atoms with E-state index in [0.29, 0.717) is 27.2 Å². The van der Waals surface area contributed by atoms with Gasteiger partial charge in [-0.3, -0.25) is 14.9 Å². The number of furan rings is 1. The van der Waals surface area contributed by atoms with E-state index in [0.717, 1.165) is 42.5 Å². The molecular weight excluding hydrogens is 523 g/mol. The molecule has 5 rings (SSSR count). The molecule has 8 nitrogen and oxygen atoms in total. The first-order chi connectivity index (χ1) is 17.3. The predicted molar refractivity (Wildman–Crippen MR) is 144 cm³/mol. The smallest absolute Gasteiger partial charge is 0.286 e. The first kappa shape index (κ1) is 24.4. The van der Waals surface area contributed by atoms with Gasteiger partial charge in [0.2, 0.25) is 0 Å². The van der Waals surface area contributed by atoms with Crippen LogP contribution in [-0.2, 0) is 4.79 Å². The number of anilines is 1. The number of benzene rings is 2. The lowest BCUT2D eigenvalue weighted by atomic mass is 10.1. The molecule has 2 aromatic carbocycles. The van der Waals surface area contributed by atoms with Gasteiger partial charge in [-0.25, -0.2) is 0 Å². The van der Waals surface area contributed by atoms with Crippen molar-refractivity contribution in [1.82, 2.24) is 4.90 Å². The number of amidine groups is 1. The van der Waals surface area contributed by atoms with Gasteiger partial charge < -0.3 is 14.2 Å². The van der Waals surface area contributed by atoms with E-state index in [2.05, 4.69) is 20.9 Å². The molecule has 2 aliphatic rings. The van der Waals surface area contributed by atoms with Crippen LogP contribution in [0.15, 0.2) is 62.8 Å². The van der Waals surface area contributed by atoms with Crippen molar-refractivity contribution in [2.24, 2.45) is 4.99 Å². The van der Waals surface area contributed by atoms with E-state index in [-0.39, 0.29) is 16.6 Å². The Bertz CT molecular complexity index is 1430. The fourth-order valence-corrected chi connectivity index (χ4v) is 5.32. The third kappa shape index (κ3) is 5.00. The first-order valence-corrected chi connectivity index (χ1v) is 12.7. The van der Waals surface area contributed by atoms with Gasteiger partial charge >= 0.3 is 0 Å². The summed E-state index contributed by atoms with van der Waals surface area (Å²) in [5.74, 6) is 0.384. The van der Waals surface area contributed by atoms with E-state index in [1.165, 1.54) is 23.9 Å². The Labute approximate surface area is 221 Å². The molecule has 0 spiro atoms. The van der Waals surface area contributed by atoms with Crippen LogP contribution in [0.4, 0.5) is 11.4 Å². The minimum absolute atomic E-state index is 0.153. The van der Waals surface area contributed by atoms with Crippen LogP contribution in [0.1, 0.15) is 11.3 Å². The molecule has 0 saturated carbocycles. The first-order valence-electron chi connectivity index (χ1n) is 11.1. The summed E-state index contributed by atoms with van der Waals surface area (Å²) >= 11 is 13.5. The molecule has 184 valence electrons. The number of nitro groups is 1. The molecule has 36 heavy (non-hydrogen) atoms. The van der Waals surface area contributed by atoms with Gasteiger partial charge in [0.15, 0.2) is 5.17 Å². The van der Waals surface area contributed by atoms with Crippen LogP contribution < -0.4 is 4.90 Å². The lowest BCUT2D eigenvalue weighted by Crippen LogP contribution is -2.47. The number of halogens is 2. The molecule has 11 heteroatoms. The van der Waals surface area contributed by atoms with Gasteiger partial charge in [-0.05, 0) is 60.6 Å². The average Bonchev–Trinajstić information content (AvgIpc) is 3.48. The zero-order valence-electron chi connectivity index (χ0n) is 19.1. The van der Waals surface area contributed by atoms with E-state index < -0.39 is 4.92 Å². The van der Waals surface area contributed by atoms with Crippen molar-refractivity contribution in [3.8, 4) is 11.3 Å². The van der Waals surface area contributed by atoms with E-state index in [9.17, 15) is 14.9 Å². The molecule has 0 radical (unpaired) electrons. The Kier molecular flexibility index (Phi) is 6.79. The Morgan fingerprint density at radius 3 is 2.53 bits per heavy atom. The summed E-state index contributed by atoms with van der Waals surface area (Å²) in [4.78, 5) is 32.5. The summed E-state index contributed by atoms with van der Waals surface area (Å²) in [5.41, 5.74) is 2.28. The van der Waals surface area contributed by atoms with E-state index in [4.69, 9.17) is 27.6 Å². The van der Waals surface area contributed by atoms with Gasteiger partial charge in [-0.1, -0.05) is 29.3 Å². The number of carbonyl (C=O) groups is 1. The zero-order chi connectivity index (χ0) is 25.4.